The summed E-state index contributed by atoms with van der Waals surface area (Å²) in [5.74, 6) is -0.237. The Morgan fingerprint density at radius 1 is 0.806 bits per heavy atom. The van der Waals surface area contributed by atoms with Crippen molar-refractivity contribution >= 4 is 22.6 Å². The fourth-order valence-electron chi connectivity index (χ4n) is 3.58. The maximum atomic E-state index is 12.4. The smallest absolute Gasteiger partial charge is 0.251 e. The standard InChI is InChI=1S/C26H31N3O2/c1-3-29(4-2)19-24-12-8-7-11-23(24)18-28-25(30)15-16-27-26(31)22-14-13-20-9-5-6-10-21(20)17-22/h5-14,17H,3-4,15-16,18-19H2,1-2H3,(H,27,31)(H,28,30). The maximum Gasteiger partial charge on any atom is 0.251 e. The second-order valence-corrected chi connectivity index (χ2v) is 7.57. The van der Waals surface area contributed by atoms with Crippen molar-refractivity contribution in [3.63, 3.8) is 0 Å². The van der Waals surface area contributed by atoms with Crippen LogP contribution < -0.4 is 10.6 Å². The highest BCUT2D eigenvalue weighted by Gasteiger charge is 2.10. The van der Waals surface area contributed by atoms with E-state index in [2.05, 4.69) is 41.5 Å². The molecule has 0 atom stereocenters. The Morgan fingerprint density at radius 3 is 2.23 bits per heavy atom. The van der Waals surface area contributed by atoms with Gasteiger partial charge in [0.1, 0.15) is 0 Å². The quantitative estimate of drug-likeness (QED) is 0.522. The summed E-state index contributed by atoms with van der Waals surface area (Å²) in [7, 11) is 0. The Balaban J connectivity index is 1.47. The molecule has 3 rings (SSSR count). The van der Waals surface area contributed by atoms with Crippen LogP contribution in [-0.2, 0) is 17.9 Å². The van der Waals surface area contributed by atoms with E-state index in [0.717, 1.165) is 36.0 Å². The van der Waals surface area contributed by atoms with E-state index >= 15 is 0 Å². The molecule has 0 spiro atoms. The van der Waals surface area contributed by atoms with Gasteiger partial charge in [0.25, 0.3) is 5.91 Å². The highest BCUT2D eigenvalue weighted by molar-refractivity contribution is 5.98. The van der Waals surface area contributed by atoms with Crippen LogP contribution in [0.5, 0.6) is 0 Å². The van der Waals surface area contributed by atoms with E-state index < -0.39 is 0 Å². The third-order valence-corrected chi connectivity index (χ3v) is 5.53. The number of carbonyl (C=O) groups excluding carboxylic acids is 2. The van der Waals surface area contributed by atoms with Crippen molar-refractivity contribution in [1.82, 2.24) is 15.5 Å². The van der Waals surface area contributed by atoms with Crippen molar-refractivity contribution in [3.05, 3.63) is 83.4 Å². The summed E-state index contributed by atoms with van der Waals surface area (Å²) in [6.07, 6.45) is 0.248. The lowest BCUT2D eigenvalue weighted by Crippen LogP contribution is -2.31. The second-order valence-electron chi connectivity index (χ2n) is 7.57. The van der Waals surface area contributed by atoms with Crippen molar-refractivity contribution in [2.45, 2.75) is 33.4 Å². The molecule has 0 bridgehead atoms. The first-order valence-electron chi connectivity index (χ1n) is 10.9. The molecule has 3 aromatic rings. The lowest BCUT2D eigenvalue weighted by Gasteiger charge is -2.20. The molecule has 0 heterocycles. The molecule has 0 aliphatic rings. The Hall–Kier alpha value is -3.18. The number of benzene rings is 3. The minimum Gasteiger partial charge on any atom is -0.352 e. The Bertz CT molecular complexity index is 1030. The summed E-state index contributed by atoms with van der Waals surface area (Å²) < 4.78 is 0. The van der Waals surface area contributed by atoms with Crippen LogP contribution in [0, 0.1) is 0 Å². The number of nitrogens with one attached hydrogen (secondary N) is 2. The Morgan fingerprint density at radius 2 is 1.48 bits per heavy atom. The number of rotatable bonds is 10. The molecule has 0 aliphatic heterocycles. The van der Waals surface area contributed by atoms with Crippen molar-refractivity contribution < 1.29 is 9.59 Å². The van der Waals surface area contributed by atoms with E-state index in [9.17, 15) is 9.59 Å². The summed E-state index contributed by atoms with van der Waals surface area (Å²) in [5, 5.41) is 7.94. The fourth-order valence-corrected chi connectivity index (χ4v) is 3.58. The van der Waals surface area contributed by atoms with Gasteiger partial charge in [-0.3, -0.25) is 14.5 Å². The van der Waals surface area contributed by atoms with Crippen LogP contribution in [0.25, 0.3) is 10.8 Å². The number of hydrogen-bond donors (Lipinski definition) is 2. The largest absolute Gasteiger partial charge is 0.352 e. The van der Waals surface area contributed by atoms with Gasteiger partial charge in [-0.2, -0.15) is 0 Å². The van der Waals surface area contributed by atoms with Gasteiger partial charge < -0.3 is 10.6 Å². The number of nitrogens with zero attached hydrogens (tertiary/aromatic N) is 1. The zero-order valence-electron chi connectivity index (χ0n) is 18.4. The molecule has 0 fully saturated rings. The normalized spacial score (nSPS) is 10.9. The molecule has 5 heteroatoms. The van der Waals surface area contributed by atoms with Crippen LogP contribution >= 0.6 is 0 Å². The van der Waals surface area contributed by atoms with Gasteiger partial charge in [0, 0.05) is 31.6 Å². The van der Waals surface area contributed by atoms with Crippen molar-refractivity contribution in [1.29, 1.82) is 0 Å². The van der Waals surface area contributed by atoms with E-state index in [1.807, 2.05) is 54.6 Å². The lowest BCUT2D eigenvalue weighted by atomic mass is 10.1. The Labute approximate surface area is 184 Å². The molecule has 162 valence electrons. The van der Waals surface area contributed by atoms with Gasteiger partial charge in [0.15, 0.2) is 0 Å². The molecule has 0 saturated carbocycles. The predicted molar refractivity (Wildman–Crippen MR) is 126 cm³/mol. The molecule has 2 N–H and O–H groups in total. The van der Waals surface area contributed by atoms with Crippen molar-refractivity contribution in [3.8, 4) is 0 Å². The monoisotopic (exact) mass is 417 g/mol. The number of hydrogen-bond acceptors (Lipinski definition) is 3. The van der Waals surface area contributed by atoms with Gasteiger partial charge >= 0.3 is 0 Å². The molecule has 0 aromatic heterocycles. The van der Waals surface area contributed by atoms with Gasteiger partial charge in [-0.1, -0.05) is 68.4 Å². The molecule has 5 nitrogen and oxygen atoms in total. The van der Waals surface area contributed by atoms with Gasteiger partial charge in [-0.05, 0) is 47.1 Å². The van der Waals surface area contributed by atoms with E-state index in [0.29, 0.717) is 18.7 Å². The fraction of sp³-hybridized carbons (Fsp3) is 0.308. The van der Waals surface area contributed by atoms with Gasteiger partial charge in [0.2, 0.25) is 5.91 Å². The summed E-state index contributed by atoms with van der Waals surface area (Å²) in [6, 6.07) is 21.7. The second kappa shape index (κ2) is 11.3. The molecular formula is C26H31N3O2. The molecule has 2 amide bonds. The average molecular weight is 418 g/mol. The average Bonchev–Trinajstić information content (AvgIpc) is 2.81. The van der Waals surface area contributed by atoms with Crippen LogP contribution in [0.15, 0.2) is 66.7 Å². The first kappa shape index (κ1) is 22.5. The molecule has 0 saturated heterocycles. The van der Waals surface area contributed by atoms with Gasteiger partial charge in [0.05, 0.1) is 0 Å². The van der Waals surface area contributed by atoms with Crippen LogP contribution in [0.3, 0.4) is 0 Å². The summed E-state index contributed by atoms with van der Waals surface area (Å²) in [4.78, 5) is 27.0. The van der Waals surface area contributed by atoms with Crippen molar-refractivity contribution in [2.75, 3.05) is 19.6 Å². The zero-order chi connectivity index (χ0) is 22.1. The molecule has 0 unspecified atom stereocenters. The number of amides is 2. The Kier molecular flexibility index (Phi) is 8.19. The first-order chi connectivity index (χ1) is 15.1. The van der Waals surface area contributed by atoms with E-state index in [1.54, 1.807) is 0 Å². The summed E-state index contributed by atoms with van der Waals surface area (Å²) in [5.41, 5.74) is 2.96. The SMILES string of the molecule is CCN(CC)Cc1ccccc1CNC(=O)CCNC(=O)c1ccc2ccccc2c1. The predicted octanol–water partition coefficient (Wildman–Crippen LogP) is 4.12. The van der Waals surface area contributed by atoms with Crippen LogP contribution in [0.2, 0.25) is 0 Å². The molecule has 0 aliphatic carbocycles. The van der Waals surface area contributed by atoms with Crippen LogP contribution in [0.4, 0.5) is 0 Å². The first-order valence-corrected chi connectivity index (χ1v) is 10.9. The topological polar surface area (TPSA) is 61.4 Å². The molecule has 3 aromatic carbocycles. The van der Waals surface area contributed by atoms with Crippen LogP contribution in [-0.4, -0.2) is 36.3 Å². The van der Waals surface area contributed by atoms with E-state index in [1.165, 1.54) is 5.56 Å². The van der Waals surface area contributed by atoms with E-state index in [-0.39, 0.29) is 18.2 Å². The maximum absolute atomic E-state index is 12.4. The highest BCUT2D eigenvalue weighted by Crippen LogP contribution is 2.15. The summed E-state index contributed by atoms with van der Waals surface area (Å²) >= 11 is 0. The zero-order valence-corrected chi connectivity index (χ0v) is 18.4. The molecule has 31 heavy (non-hydrogen) atoms. The minimum absolute atomic E-state index is 0.0727. The van der Waals surface area contributed by atoms with Gasteiger partial charge in [-0.25, -0.2) is 0 Å². The molecular weight excluding hydrogens is 386 g/mol. The van der Waals surface area contributed by atoms with Gasteiger partial charge in [-0.15, -0.1) is 0 Å². The van der Waals surface area contributed by atoms with Crippen LogP contribution in [0.1, 0.15) is 41.8 Å². The number of carbonyl (C=O) groups is 2. The lowest BCUT2D eigenvalue weighted by molar-refractivity contribution is -0.121. The molecule has 0 radical (unpaired) electrons. The minimum atomic E-state index is -0.164. The number of fused-ring (bicyclic) bond motifs is 1. The highest BCUT2D eigenvalue weighted by atomic mass is 16.2. The third-order valence-electron chi connectivity index (χ3n) is 5.53. The van der Waals surface area contributed by atoms with E-state index in [4.69, 9.17) is 0 Å². The summed E-state index contributed by atoms with van der Waals surface area (Å²) in [6.45, 7) is 7.97. The third kappa shape index (κ3) is 6.40. The van der Waals surface area contributed by atoms with Crippen molar-refractivity contribution in [2.24, 2.45) is 0 Å².